The summed E-state index contributed by atoms with van der Waals surface area (Å²) in [5.74, 6) is 2.46. The fourth-order valence-corrected chi connectivity index (χ4v) is 3.19. The van der Waals surface area contributed by atoms with Gasteiger partial charge in [0.1, 0.15) is 5.75 Å². The standard InChI is InChI=1S/C21H29N5O2/c1-4-22-21(24-16-17-5-10-20(28-3)23-15-17)26-13-11-25(12-14-26)18-6-8-19(27-2)9-7-18/h5-10,15H,4,11-14,16H2,1-3H3,(H,22,24). The Balaban J connectivity index is 1.59. The Hall–Kier alpha value is -2.96. The van der Waals surface area contributed by atoms with Crippen molar-refractivity contribution in [2.24, 2.45) is 4.99 Å². The predicted octanol–water partition coefficient (Wildman–Crippen LogP) is 2.39. The number of pyridine rings is 1. The van der Waals surface area contributed by atoms with Gasteiger partial charge in [0.25, 0.3) is 0 Å². The molecule has 1 fully saturated rings. The number of aromatic nitrogens is 1. The number of aliphatic imine (C=N–C) groups is 1. The minimum atomic E-state index is 0.595. The molecule has 1 aromatic heterocycles. The number of nitrogens with one attached hydrogen (secondary N) is 1. The van der Waals surface area contributed by atoms with Crippen LogP contribution in [0.2, 0.25) is 0 Å². The zero-order valence-electron chi connectivity index (χ0n) is 16.9. The number of guanidine groups is 1. The highest BCUT2D eigenvalue weighted by Crippen LogP contribution is 2.20. The second-order valence-corrected chi connectivity index (χ2v) is 6.55. The highest BCUT2D eigenvalue weighted by Gasteiger charge is 2.19. The van der Waals surface area contributed by atoms with E-state index in [9.17, 15) is 0 Å². The highest BCUT2D eigenvalue weighted by atomic mass is 16.5. The van der Waals surface area contributed by atoms with Gasteiger partial charge in [0.05, 0.1) is 20.8 Å². The minimum Gasteiger partial charge on any atom is -0.497 e. The summed E-state index contributed by atoms with van der Waals surface area (Å²) in [6.45, 7) is 7.31. The maximum atomic E-state index is 5.25. The summed E-state index contributed by atoms with van der Waals surface area (Å²) < 4.78 is 10.4. The Morgan fingerprint density at radius 3 is 2.36 bits per heavy atom. The van der Waals surface area contributed by atoms with E-state index in [0.29, 0.717) is 12.4 Å². The van der Waals surface area contributed by atoms with Crippen LogP contribution in [0.25, 0.3) is 0 Å². The van der Waals surface area contributed by atoms with Crippen LogP contribution in [-0.4, -0.2) is 62.8 Å². The molecule has 28 heavy (non-hydrogen) atoms. The van der Waals surface area contributed by atoms with Crippen molar-refractivity contribution in [1.82, 2.24) is 15.2 Å². The van der Waals surface area contributed by atoms with Crippen molar-refractivity contribution in [1.29, 1.82) is 0 Å². The lowest BCUT2D eigenvalue weighted by molar-refractivity contribution is 0.372. The first-order valence-corrected chi connectivity index (χ1v) is 9.64. The summed E-state index contributed by atoms with van der Waals surface area (Å²) in [7, 11) is 3.31. The number of anilines is 1. The second-order valence-electron chi connectivity index (χ2n) is 6.55. The Labute approximate surface area is 167 Å². The van der Waals surface area contributed by atoms with E-state index in [1.807, 2.05) is 30.5 Å². The highest BCUT2D eigenvalue weighted by molar-refractivity contribution is 5.80. The van der Waals surface area contributed by atoms with Crippen molar-refractivity contribution in [2.75, 3.05) is 51.8 Å². The number of methoxy groups -OCH3 is 2. The smallest absolute Gasteiger partial charge is 0.212 e. The van der Waals surface area contributed by atoms with Crippen molar-refractivity contribution in [2.45, 2.75) is 13.5 Å². The Kier molecular flexibility index (Phi) is 6.94. The molecular weight excluding hydrogens is 354 g/mol. The lowest BCUT2D eigenvalue weighted by atomic mass is 10.2. The predicted molar refractivity (Wildman–Crippen MR) is 112 cm³/mol. The fraction of sp³-hybridized carbons (Fsp3) is 0.429. The Bertz CT molecular complexity index is 753. The summed E-state index contributed by atoms with van der Waals surface area (Å²) in [6, 6.07) is 12.1. The van der Waals surface area contributed by atoms with Gasteiger partial charge in [-0.1, -0.05) is 6.07 Å². The Morgan fingerprint density at radius 2 is 1.79 bits per heavy atom. The van der Waals surface area contributed by atoms with Crippen molar-refractivity contribution in [3.63, 3.8) is 0 Å². The van der Waals surface area contributed by atoms with Crippen molar-refractivity contribution < 1.29 is 9.47 Å². The monoisotopic (exact) mass is 383 g/mol. The van der Waals surface area contributed by atoms with E-state index in [0.717, 1.165) is 50.0 Å². The minimum absolute atomic E-state index is 0.595. The van der Waals surface area contributed by atoms with Crippen molar-refractivity contribution in [3.8, 4) is 11.6 Å². The lowest BCUT2D eigenvalue weighted by Crippen LogP contribution is -2.52. The molecule has 2 aromatic rings. The van der Waals surface area contributed by atoms with Gasteiger partial charge in [-0.05, 0) is 36.8 Å². The Morgan fingerprint density at radius 1 is 1.04 bits per heavy atom. The fourth-order valence-electron chi connectivity index (χ4n) is 3.19. The van der Waals surface area contributed by atoms with E-state index in [-0.39, 0.29) is 0 Å². The number of hydrogen-bond donors (Lipinski definition) is 1. The zero-order valence-corrected chi connectivity index (χ0v) is 16.9. The summed E-state index contributed by atoms with van der Waals surface area (Å²) in [5.41, 5.74) is 2.29. The van der Waals surface area contributed by atoms with Gasteiger partial charge < -0.3 is 24.6 Å². The van der Waals surface area contributed by atoms with Crippen LogP contribution in [0.4, 0.5) is 5.69 Å². The molecule has 1 saturated heterocycles. The van der Waals surface area contributed by atoms with Gasteiger partial charge in [0.15, 0.2) is 5.96 Å². The molecule has 0 atom stereocenters. The molecule has 0 radical (unpaired) electrons. The van der Waals surface area contributed by atoms with Crippen LogP contribution in [0.5, 0.6) is 11.6 Å². The van der Waals surface area contributed by atoms with E-state index in [1.165, 1.54) is 5.69 Å². The van der Waals surface area contributed by atoms with Gasteiger partial charge in [-0.25, -0.2) is 9.98 Å². The first-order valence-electron chi connectivity index (χ1n) is 9.64. The third-order valence-electron chi connectivity index (χ3n) is 4.77. The molecular formula is C21H29N5O2. The number of ether oxygens (including phenoxy) is 2. The summed E-state index contributed by atoms with van der Waals surface area (Å²) >= 11 is 0. The van der Waals surface area contributed by atoms with Gasteiger partial charge in [-0.2, -0.15) is 0 Å². The van der Waals surface area contributed by atoms with Gasteiger partial charge >= 0.3 is 0 Å². The van der Waals surface area contributed by atoms with Crippen LogP contribution in [0.15, 0.2) is 47.6 Å². The van der Waals surface area contributed by atoms with E-state index in [4.69, 9.17) is 14.5 Å². The molecule has 3 rings (SSSR count). The first kappa shape index (κ1) is 19.8. The third-order valence-corrected chi connectivity index (χ3v) is 4.77. The average Bonchev–Trinajstić information content (AvgIpc) is 2.77. The molecule has 0 bridgehead atoms. The van der Waals surface area contributed by atoms with Crippen LogP contribution in [-0.2, 0) is 6.54 Å². The largest absolute Gasteiger partial charge is 0.497 e. The molecule has 2 heterocycles. The molecule has 0 amide bonds. The number of hydrogen-bond acceptors (Lipinski definition) is 5. The molecule has 0 spiro atoms. The summed E-state index contributed by atoms with van der Waals surface area (Å²) in [5, 5.41) is 3.41. The number of rotatable bonds is 6. The molecule has 1 N–H and O–H groups in total. The topological polar surface area (TPSA) is 62.2 Å². The first-order chi connectivity index (χ1) is 13.7. The van der Waals surface area contributed by atoms with Crippen LogP contribution in [0.3, 0.4) is 0 Å². The molecule has 1 aliphatic heterocycles. The quantitative estimate of drug-likeness (QED) is 0.610. The summed E-state index contributed by atoms with van der Waals surface area (Å²) in [4.78, 5) is 13.8. The molecule has 1 aliphatic rings. The van der Waals surface area contributed by atoms with Crippen LogP contribution >= 0.6 is 0 Å². The summed E-state index contributed by atoms with van der Waals surface area (Å²) in [6.07, 6.45) is 1.81. The van der Waals surface area contributed by atoms with Crippen LogP contribution in [0.1, 0.15) is 12.5 Å². The van der Waals surface area contributed by atoms with Gasteiger partial charge in [-0.15, -0.1) is 0 Å². The van der Waals surface area contributed by atoms with Gasteiger partial charge in [0, 0.05) is 50.7 Å². The van der Waals surface area contributed by atoms with Gasteiger partial charge in [0.2, 0.25) is 5.88 Å². The third kappa shape index (κ3) is 5.06. The SMILES string of the molecule is CCNC(=NCc1ccc(OC)nc1)N1CCN(c2ccc(OC)cc2)CC1. The molecule has 0 saturated carbocycles. The molecule has 0 unspecified atom stereocenters. The molecule has 1 aromatic carbocycles. The van der Waals surface area contributed by atoms with E-state index in [1.54, 1.807) is 14.2 Å². The maximum Gasteiger partial charge on any atom is 0.212 e. The van der Waals surface area contributed by atoms with Crippen LogP contribution < -0.4 is 19.7 Å². The second kappa shape index (κ2) is 9.82. The molecule has 7 nitrogen and oxygen atoms in total. The number of piperazine rings is 1. The van der Waals surface area contributed by atoms with E-state index < -0.39 is 0 Å². The molecule has 150 valence electrons. The number of benzene rings is 1. The lowest BCUT2D eigenvalue weighted by Gasteiger charge is -2.37. The van der Waals surface area contributed by atoms with E-state index in [2.05, 4.69) is 39.2 Å². The van der Waals surface area contributed by atoms with Crippen LogP contribution in [0, 0.1) is 0 Å². The normalized spacial score (nSPS) is 14.8. The molecule has 0 aliphatic carbocycles. The zero-order chi connectivity index (χ0) is 19.8. The van der Waals surface area contributed by atoms with Crippen molar-refractivity contribution in [3.05, 3.63) is 48.2 Å². The molecule has 7 heteroatoms. The van der Waals surface area contributed by atoms with Crippen molar-refractivity contribution >= 4 is 11.6 Å². The average molecular weight is 383 g/mol. The van der Waals surface area contributed by atoms with Gasteiger partial charge in [-0.3, -0.25) is 0 Å². The van der Waals surface area contributed by atoms with E-state index >= 15 is 0 Å². The maximum absolute atomic E-state index is 5.25. The number of nitrogens with zero attached hydrogens (tertiary/aromatic N) is 4.